The third kappa shape index (κ3) is 3.10. The number of aromatic nitrogens is 2. The van der Waals surface area contributed by atoms with Crippen molar-refractivity contribution in [2.75, 3.05) is 5.43 Å². The van der Waals surface area contributed by atoms with Crippen LogP contribution < -0.4 is 11.0 Å². The molecular weight excluding hydrogens is 333 g/mol. The number of nitrogens with one attached hydrogen (secondary N) is 1. The lowest BCUT2D eigenvalue weighted by molar-refractivity contribution is -0.116. The lowest BCUT2D eigenvalue weighted by atomic mass is 10.1. The molecule has 4 rings (SSSR count). The quantitative estimate of drug-likeness (QED) is 0.786. The highest BCUT2D eigenvalue weighted by atomic mass is 19.1. The van der Waals surface area contributed by atoms with Crippen molar-refractivity contribution in [3.8, 4) is 0 Å². The normalized spacial score (nSPS) is 13.8. The fourth-order valence-corrected chi connectivity index (χ4v) is 3.15. The van der Waals surface area contributed by atoms with Gasteiger partial charge in [-0.25, -0.2) is 14.1 Å². The Hall–Kier alpha value is -3.02. The SMILES string of the molecule is Cc1nc2c(C3CC3)cccc2c(=O)n1NC(=O)Cc1ccc(F)cc1. The molecule has 1 fully saturated rings. The molecule has 3 aromatic rings. The van der Waals surface area contributed by atoms with Gasteiger partial charge in [-0.05, 0) is 55.0 Å². The van der Waals surface area contributed by atoms with E-state index in [0.717, 1.165) is 23.9 Å². The molecule has 1 N–H and O–H groups in total. The first kappa shape index (κ1) is 16.4. The summed E-state index contributed by atoms with van der Waals surface area (Å²) in [7, 11) is 0. The molecule has 1 heterocycles. The summed E-state index contributed by atoms with van der Waals surface area (Å²) in [5, 5.41) is 0.502. The Morgan fingerprint density at radius 1 is 1.23 bits per heavy atom. The molecule has 0 spiro atoms. The summed E-state index contributed by atoms with van der Waals surface area (Å²) in [6.07, 6.45) is 2.29. The fourth-order valence-electron chi connectivity index (χ4n) is 3.15. The summed E-state index contributed by atoms with van der Waals surface area (Å²) in [6.45, 7) is 1.70. The lowest BCUT2D eigenvalue weighted by Crippen LogP contribution is -2.36. The van der Waals surface area contributed by atoms with Crippen LogP contribution in [0.2, 0.25) is 0 Å². The molecule has 132 valence electrons. The number of para-hydroxylation sites is 1. The number of fused-ring (bicyclic) bond motifs is 1. The highest BCUT2D eigenvalue weighted by molar-refractivity contribution is 5.87. The van der Waals surface area contributed by atoms with E-state index in [2.05, 4.69) is 10.4 Å². The molecule has 2 aromatic carbocycles. The van der Waals surface area contributed by atoms with Crippen molar-refractivity contribution in [2.24, 2.45) is 0 Å². The topological polar surface area (TPSA) is 64.0 Å². The van der Waals surface area contributed by atoms with Gasteiger partial charge < -0.3 is 0 Å². The van der Waals surface area contributed by atoms with Gasteiger partial charge in [0.2, 0.25) is 5.91 Å². The monoisotopic (exact) mass is 351 g/mol. The average molecular weight is 351 g/mol. The number of carbonyl (C=O) groups is 1. The number of rotatable bonds is 4. The van der Waals surface area contributed by atoms with E-state index in [1.807, 2.05) is 12.1 Å². The highest BCUT2D eigenvalue weighted by Gasteiger charge is 2.26. The second-order valence-electron chi connectivity index (χ2n) is 6.66. The van der Waals surface area contributed by atoms with Crippen LogP contribution in [0.15, 0.2) is 47.3 Å². The first-order valence-electron chi connectivity index (χ1n) is 8.59. The van der Waals surface area contributed by atoms with Crippen molar-refractivity contribution >= 4 is 16.8 Å². The Morgan fingerprint density at radius 2 is 1.96 bits per heavy atom. The first-order valence-corrected chi connectivity index (χ1v) is 8.59. The Bertz CT molecular complexity index is 1050. The van der Waals surface area contributed by atoms with Crippen molar-refractivity contribution in [2.45, 2.75) is 32.1 Å². The third-order valence-electron chi connectivity index (χ3n) is 4.63. The maximum Gasteiger partial charge on any atom is 0.280 e. The van der Waals surface area contributed by atoms with Gasteiger partial charge in [-0.15, -0.1) is 0 Å². The minimum Gasteiger partial charge on any atom is -0.273 e. The molecule has 0 atom stereocenters. The predicted molar refractivity (Wildman–Crippen MR) is 97.2 cm³/mol. The molecule has 1 aliphatic carbocycles. The Labute approximate surface area is 149 Å². The molecule has 5 nitrogen and oxygen atoms in total. The van der Waals surface area contributed by atoms with Gasteiger partial charge in [0.15, 0.2) is 0 Å². The zero-order valence-electron chi connectivity index (χ0n) is 14.3. The molecule has 1 aliphatic rings. The molecule has 0 bridgehead atoms. The number of hydrogen-bond acceptors (Lipinski definition) is 3. The van der Waals surface area contributed by atoms with Gasteiger partial charge in [0.1, 0.15) is 11.6 Å². The molecule has 0 unspecified atom stereocenters. The minimum absolute atomic E-state index is 0.0479. The van der Waals surface area contributed by atoms with Crippen LogP contribution in [-0.4, -0.2) is 15.6 Å². The summed E-state index contributed by atoms with van der Waals surface area (Å²) < 4.78 is 14.2. The molecule has 0 radical (unpaired) electrons. The number of hydrogen-bond donors (Lipinski definition) is 1. The molecule has 0 aliphatic heterocycles. The van der Waals surface area contributed by atoms with Gasteiger partial charge >= 0.3 is 0 Å². The van der Waals surface area contributed by atoms with E-state index in [0.29, 0.717) is 22.7 Å². The van der Waals surface area contributed by atoms with Gasteiger partial charge in [-0.2, -0.15) is 0 Å². The van der Waals surface area contributed by atoms with E-state index < -0.39 is 0 Å². The zero-order valence-corrected chi connectivity index (χ0v) is 14.3. The van der Waals surface area contributed by atoms with Gasteiger partial charge in [-0.3, -0.25) is 15.0 Å². The van der Waals surface area contributed by atoms with E-state index in [4.69, 9.17) is 0 Å². The lowest BCUT2D eigenvalue weighted by Gasteiger charge is -2.13. The van der Waals surface area contributed by atoms with Crippen LogP contribution >= 0.6 is 0 Å². The number of halogens is 1. The van der Waals surface area contributed by atoms with E-state index >= 15 is 0 Å². The van der Waals surface area contributed by atoms with Crippen molar-refractivity contribution in [3.63, 3.8) is 0 Å². The van der Waals surface area contributed by atoms with Gasteiger partial charge in [0.25, 0.3) is 5.56 Å². The second-order valence-corrected chi connectivity index (χ2v) is 6.66. The second kappa shape index (κ2) is 6.37. The van der Waals surface area contributed by atoms with Crippen LogP contribution in [-0.2, 0) is 11.2 Å². The Kier molecular flexibility index (Phi) is 4.03. The van der Waals surface area contributed by atoms with Crippen molar-refractivity contribution in [1.82, 2.24) is 9.66 Å². The summed E-state index contributed by atoms with van der Waals surface area (Å²) in [4.78, 5) is 29.7. The maximum atomic E-state index is 13.0. The van der Waals surface area contributed by atoms with Crippen molar-refractivity contribution in [3.05, 3.63) is 75.6 Å². The number of amides is 1. The molecule has 6 heteroatoms. The van der Waals surface area contributed by atoms with Crippen LogP contribution in [0.5, 0.6) is 0 Å². The largest absolute Gasteiger partial charge is 0.280 e. The molecule has 1 aromatic heterocycles. The fraction of sp³-hybridized carbons (Fsp3) is 0.250. The summed E-state index contributed by atoms with van der Waals surface area (Å²) in [6, 6.07) is 11.3. The van der Waals surface area contributed by atoms with Crippen LogP contribution in [0.1, 0.15) is 35.7 Å². The molecular formula is C20H18FN3O2. The van der Waals surface area contributed by atoms with Crippen LogP contribution in [0.4, 0.5) is 4.39 Å². The Balaban J connectivity index is 1.65. The predicted octanol–water partition coefficient (Wildman–Crippen LogP) is 3.03. The maximum absolute atomic E-state index is 13.0. The van der Waals surface area contributed by atoms with Gasteiger partial charge in [0, 0.05) is 0 Å². The standard InChI is InChI=1S/C20H18FN3O2/c1-12-22-19-16(14-7-8-14)3-2-4-17(19)20(26)24(12)23-18(25)11-13-5-9-15(21)10-6-13/h2-6,9-10,14H,7-8,11H2,1H3,(H,23,25). The van der Waals surface area contributed by atoms with E-state index in [1.165, 1.54) is 16.8 Å². The third-order valence-corrected chi connectivity index (χ3v) is 4.63. The summed E-state index contributed by atoms with van der Waals surface area (Å²) in [5.41, 5.74) is 4.81. The average Bonchev–Trinajstić information content (AvgIpc) is 3.45. The van der Waals surface area contributed by atoms with E-state index in [-0.39, 0.29) is 23.7 Å². The van der Waals surface area contributed by atoms with Crippen LogP contribution in [0.25, 0.3) is 10.9 Å². The van der Waals surface area contributed by atoms with Crippen LogP contribution in [0, 0.1) is 12.7 Å². The summed E-state index contributed by atoms with van der Waals surface area (Å²) in [5.74, 6) is 0.199. The van der Waals surface area contributed by atoms with E-state index in [9.17, 15) is 14.0 Å². The molecule has 0 saturated heterocycles. The van der Waals surface area contributed by atoms with Gasteiger partial charge in [-0.1, -0.05) is 24.3 Å². The molecule has 1 saturated carbocycles. The number of aryl methyl sites for hydroxylation is 1. The van der Waals surface area contributed by atoms with Crippen molar-refractivity contribution in [1.29, 1.82) is 0 Å². The summed E-state index contributed by atoms with van der Waals surface area (Å²) >= 11 is 0. The van der Waals surface area contributed by atoms with E-state index in [1.54, 1.807) is 25.1 Å². The number of benzene rings is 2. The minimum atomic E-state index is -0.360. The number of nitrogens with zero attached hydrogens (tertiary/aromatic N) is 2. The Morgan fingerprint density at radius 3 is 2.65 bits per heavy atom. The smallest absolute Gasteiger partial charge is 0.273 e. The highest BCUT2D eigenvalue weighted by Crippen LogP contribution is 2.42. The first-order chi connectivity index (χ1) is 12.5. The molecule has 26 heavy (non-hydrogen) atoms. The van der Waals surface area contributed by atoms with Gasteiger partial charge in [0.05, 0.1) is 17.3 Å². The number of carbonyl (C=O) groups excluding carboxylic acids is 1. The molecule has 1 amide bonds. The van der Waals surface area contributed by atoms with Crippen LogP contribution in [0.3, 0.4) is 0 Å². The zero-order chi connectivity index (χ0) is 18.3. The van der Waals surface area contributed by atoms with Crippen molar-refractivity contribution < 1.29 is 9.18 Å².